The molecule has 1 amide bonds. The quantitative estimate of drug-likeness (QED) is 0.276. The number of carbonyl (C=O) groups is 1. The lowest BCUT2D eigenvalue weighted by Crippen LogP contribution is -2.31. The van der Waals surface area contributed by atoms with Gasteiger partial charge in [0, 0.05) is 14.1 Å². The summed E-state index contributed by atoms with van der Waals surface area (Å²) < 4.78 is 22.3. The number of thiophene rings is 1. The number of rotatable bonds is 13. The Morgan fingerprint density at radius 2 is 1.94 bits per heavy atom. The van der Waals surface area contributed by atoms with Crippen molar-refractivity contribution in [3.63, 3.8) is 0 Å². The predicted molar refractivity (Wildman–Crippen MR) is 123 cm³/mol. The maximum Gasteiger partial charge on any atom is 0.258 e. The van der Waals surface area contributed by atoms with Crippen LogP contribution in [0.4, 0.5) is 0 Å². The summed E-state index contributed by atoms with van der Waals surface area (Å²) in [6.45, 7) is 7.59. The lowest BCUT2D eigenvalue weighted by Gasteiger charge is -2.18. The molecule has 0 spiro atoms. The first-order valence-corrected chi connectivity index (χ1v) is 14.5. The van der Waals surface area contributed by atoms with Crippen LogP contribution in [0.5, 0.6) is 17.2 Å². The van der Waals surface area contributed by atoms with Gasteiger partial charge in [0.05, 0.1) is 20.3 Å². The van der Waals surface area contributed by atoms with E-state index in [-0.39, 0.29) is 18.9 Å². The number of benzene rings is 1. The van der Waals surface area contributed by atoms with Crippen LogP contribution >= 0.6 is 11.3 Å². The molecule has 1 N–H and O–H groups in total. The molecule has 0 saturated heterocycles. The highest BCUT2D eigenvalue weighted by Crippen LogP contribution is 2.32. The lowest BCUT2D eigenvalue weighted by molar-refractivity contribution is -0.123. The number of hydrogen-bond donors (Lipinski definition) is 1. The SMILES string of the molecule is COC(=C=O)CNC(=O)COc1ccc(OCc2ccsc2)cc1OCC[Si](C)(C)C. The second-order valence-electron chi connectivity index (χ2n) is 7.98. The Morgan fingerprint density at radius 1 is 1.13 bits per heavy atom. The zero-order valence-electron chi connectivity index (χ0n) is 18.4. The highest BCUT2D eigenvalue weighted by molar-refractivity contribution is 7.07. The molecule has 1 aromatic heterocycles. The third kappa shape index (κ3) is 9.29. The summed E-state index contributed by atoms with van der Waals surface area (Å²) in [4.78, 5) is 22.6. The molecule has 168 valence electrons. The molecule has 0 atom stereocenters. The molecule has 2 rings (SSSR count). The highest BCUT2D eigenvalue weighted by Gasteiger charge is 2.15. The molecule has 2 aromatic rings. The summed E-state index contributed by atoms with van der Waals surface area (Å²) in [6, 6.07) is 8.29. The maximum absolute atomic E-state index is 12.0. The third-order valence-electron chi connectivity index (χ3n) is 4.18. The minimum atomic E-state index is -1.26. The number of ether oxygens (including phenoxy) is 4. The smallest absolute Gasteiger partial charge is 0.258 e. The Bertz CT molecular complexity index is 888. The first-order valence-electron chi connectivity index (χ1n) is 9.89. The van der Waals surface area contributed by atoms with Crippen molar-refractivity contribution >= 4 is 31.3 Å². The van der Waals surface area contributed by atoms with Crippen LogP contribution < -0.4 is 19.5 Å². The van der Waals surface area contributed by atoms with Gasteiger partial charge in [-0.3, -0.25) is 4.79 Å². The van der Waals surface area contributed by atoms with Gasteiger partial charge < -0.3 is 24.3 Å². The van der Waals surface area contributed by atoms with E-state index in [1.54, 1.807) is 35.5 Å². The van der Waals surface area contributed by atoms with E-state index in [9.17, 15) is 9.59 Å². The summed E-state index contributed by atoms with van der Waals surface area (Å²) >= 11 is 1.62. The molecule has 0 unspecified atom stereocenters. The zero-order valence-corrected chi connectivity index (χ0v) is 20.2. The van der Waals surface area contributed by atoms with Gasteiger partial charge in [-0.15, -0.1) is 0 Å². The van der Waals surface area contributed by atoms with E-state index in [1.165, 1.54) is 7.11 Å². The highest BCUT2D eigenvalue weighted by atomic mass is 32.1. The van der Waals surface area contributed by atoms with Gasteiger partial charge in [0.15, 0.2) is 29.8 Å². The molecule has 31 heavy (non-hydrogen) atoms. The molecule has 7 nitrogen and oxygen atoms in total. The van der Waals surface area contributed by atoms with Crippen molar-refractivity contribution in [2.45, 2.75) is 32.3 Å². The van der Waals surface area contributed by atoms with Gasteiger partial charge >= 0.3 is 0 Å². The topological polar surface area (TPSA) is 83.1 Å². The predicted octanol–water partition coefficient (Wildman–Crippen LogP) is 3.90. The van der Waals surface area contributed by atoms with Gasteiger partial charge in [0.1, 0.15) is 12.4 Å². The van der Waals surface area contributed by atoms with Crippen LogP contribution in [0.15, 0.2) is 40.8 Å². The van der Waals surface area contributed by atoms with Crippen LogP contribution in [-0.2, 0) is 20.9 Å². The van der Waals surface area contributed by atoms with Crippen molar-refractivity contribution in [2.75, 3.05) is 26.9 Å². The fourth-order valence-corrected chi connectivity index (χ4v) is 3.71. The minimum absolute atomic E-state index is 0.0100. The fraction of sp³-hybridized carbons (Fsp3) is 0.409. The summed E-state index contributed by atoms with van der Waals surface area (Å²) in [6.07, 6.45) is 0. The lowest BCUT2D eigenvalue weighted by atomic mass is 10.3. The van der Waals surface area contributed by atoms with Crippen molar-refractivity contribution in [2.24, 2.45) is 0 Å². The Hall–Kier alpha value is -2.74. The van der Waals surface area contributed by atoms with E-state index < -0.39 is 14.0 Å². The van der Waals surface area contributed by atoms with Gasteiger partial charge in [-0.2, -0.15) is 11.3 Å². The molecular weight excluding hydrogens is 434 g/mol. The fourth-order valence-electron chi connectivity index (χ4n) is 2.34. The van der Waals surface area contributed by atoms with Crippen molar-refractivity contribution in [1.29, 1.82) is 0 Å². The summed E-state index contributed by atoms with van der Waals surface area (Å²) in [5.41, 5.74) is 1.10. The summed E-state index contributed by atoms with van der Waals surface area (Å²) in [5, 5.41) is 6.58. The molecule has 0 aliphatic heterocycles. The first kappa shape index (κ1) is 24.5. The van der Waals surface area contributed by atoms with E-state index in [4.69, 9.17) is 18.9 Å². The maximum atomic E-state index is 12.0. The molecule has 9 heteroatoms. The molecule has 0 fully saturated rings. The van der Waals surface area contributed by atoms with E-state index in [0.717, 1.165) is 11.6 Å². The van der Waals surface area contributed by atoms with Gasteiger partial charge in [-0.05, 0) is 40.6 Å². The number of nitrogens with one attached hydrogen (secondary N) is 1. The van der Waals surface area contributed by atoms with Crippen molar-refractivity contribution in [3.8, 4) is 17.2 Å². The van der Waals surface area contributed by atoms with Crippen LogP contribution in [0.1, 0.15) is 5.56 Å². The molecule has 0 aliphatic carbocycles. The Labute approximate surface area is 188 Å². The van der Waals surface area contributed by atoms with Crippen molar-refractivity contribution in [1.82, 2.24) is 5.32 Å². The number of hydrogen-bond acceptors (Lipinski definition) is 7. The zero-order chi connectivity index (χ0) is 22.7. The number of carbonyl (C=O) groups excluding carboxylic acids is 2. The van der Waals surface area contributed by atoms with E-state index in [0.29, 0.717) is 30.5 Å². The normalized spacial score (nSPS) is 10.7. The summed E-state index contributed by atoms with van der Waals surface area (Å²) in [5.74, 6) is 2.87. The van der Waals surface area contributed by atoms with Gasteiger partial charge in [-0.25, -0.2) is 4.79 Å². The average Bonchev–Trinajstić information content (AvgIpc) is 3.25. The molecule has 0 radical (unpaired) electrons. The Morgan fingerprint density at radius 3 is 2.58 bits per heavy atom. The molecule has 1 heterocycles. The molecule has 1 aromatic carbocycles. The van der Waals surface area contributed by atoms with Crippen LogP contribution in [-0.4, -0.2) is 46.8 Å². The van der Waals surface area contributed by atoms with Crippen molar-refractivity contribution < 1.29 is 28.5 Å². The second-order valence-corrected chi connectivity index (χ2v) is 14.4. The van der Waals surface area contributed by atoms with Crippen LogP contribution in [0.3, 0.4) is 0 Å². The third-order valence-corrected chi connectivity index (χ3v) is 6.61. The van der Waals surface area contributed by atoms with Gasteiger partial charge in [0.25, 0.3) is 5.91 Å². The Balaban J connectivity index is 2.01. The monoisotopic (exact) mass is 463 g/mol. The standard InChI is InChI=1S/C22H29NO6SSi/c1-26-19(13-24)12-23-22(25)15-29-20-6-5-18(28-14-17-7-9-30-16-17)11-21(20)27-8-10-31(2,3)4/h5-7,9,11,16H,8,10,12,14-15H2,1-4H3,(H,23,25). The van der Waals surface area contributed by atoms with Crippen molar-refractivity contribution in [3.05, 3.63) is 46.3 Å². The van der Waals surface area contributed by atoms with Crippen LogP contribution in [0.25, 0.3) is 0 Å². The average molecular weight is 464 g/mol. The largest absolute Gasteiger partial charge is 0.490 e. The number of methoxy groups -OCH3 is 1. The Kier molecular flexibility index (Phi) is 9.65. The second kappa shape index (κ2) is 12.2. The van der Waals surface area contributed by atoms with E-state index in [2.05, 4.69) is 25.0 Å². The van der Waals surface area contributed by atoms with Gasteiger partial charge in [0.2, 0.25) is 0 Å². The molecule has 0 aliphatic rings. The van der Waals surface area contributed by atoms with Crippen LogP contribution in [0, 0.1) is 0 Å². The van der Waals surface area contributed by atoms with Gasteiger partial charge in [-0.1, -0.05) is 19.6 Å². The molecule has 0 saturated carbocycles. The molecule has 0 bridgehead atoms. The first-order chi connectivity index (χ1) is 14.8. The van der Waals surface area contributed by atoms with E-state index in [1.807, 2.05) is 16.8 Å². The van der Waals surface area contributed by atoms with E-state index >= 15 is 0 Å². The molecular formula is C22H29NO6SSi. The van der Waals surface area contributed by atoms with Crippen LogP contribution in [0.2, 0.25) is 25.7 Å². The number of amides is 1. The minimum Gasteiger partial charge on any atom is -0.490 e. The summed E-state index contributed by atoms with van der Waals surface area (Å²) in [7, 11) is 0.0777.